The summed E-state index contributed by atoms with van der Waals surface area (Å²) in [4.78, 5) is 0. The van der Waals surface area contributed by atoms with E-state index in [0.717, 1.165) is 11.3 Å². The van der Waals surface area contributed by atoms with Crippen molar-refractivity contribution in [2.75, 3.05) is 13.4 Å². The summed E-state index contributed by atoms with van der Waals surface area (Å²) in [6.45, 7) is 0.464. The Kier molecular flexibility index (Phi) is 3.98. The minimum absolute atomic E-state index is 0.428. The van der Waals surface area contributed by atoms with Gasteiger partial charge in [-0.3, -0.25) is 4.21 Å². The van der Waals surface area contributed by atoms with Crippen LogP contribution in [0.25, 0.3) is 0 Å². The number of ether oxygens (including phenoxy) is 1. The number of hydrogen-bond acceptors (Lipinski definition) is 4. The van der Waals surface area contributed by atoms with Gasteiger partial charge in [-0.05, 0) is 18.2 Å². The predicted octanol–water partition coefficient (Wildman–Crippen LogP) is 1.73. The molecule has 0 N–H and O–H groups in total. The number of rotatable bonds is 4. The van der Waals surface area contributed by atoms with Gasteiger partial charge in [0.25, 0.3) is 0 Å². The maximum absolute atomic E-state index is 11.5. The first-order chi connectivity index (χ1) is 8.61. The molecule has 1 unspecified atom stereocenters. The summed E-state index contributed by atoms with van der Waals surface area (Å²) in [5.41, 5.74) is 0.886. The zero-order chi connectivity index (χ0) is 13.1. The second-order valence-electron chi connectivity index (χ2n) is 3.65. The van der Waals surface area contributed by atoms with Gasteiger partial charge in [-0.2, -0.15) is 0 Å². The van der Waals surface area contributed by atoms with E-state index < -0.39 is 10.8 Å². The molecule has 96 valence electrons. The summed E-state index contributed by atoms with van der Waals surface area (Å²) < 4.78 is 18.4. The Bertz CT molecular complexity index is 585. The van der Waals surface area contributed by atoms with Crippen LogP contribution in [0.2, 0.25) is 5.02 Å². The SMILES string of the molecule is COc1ccc(Cl)cc1Cn1cnnc1S(C)=O. The van der Waals surface area contributed by atoms with Gasteiger partial charge in [0.2, 0.25) is 5.16 Å². The van der Waals surface area contributed by atoms with Crippen LogP contribution in [0.4, 0.5) is 0 Å². The summed E-state index contributed by atoms with van der Waals surface area (Å²) in [6, 6.07) is 5.36. The third-order valence-electron chi connectivity index (χ3n) is 2.42. The molecule has 0 saturated heterocycles. The lowest BCUT2D eigenvalue weighted by Crippen LogP contribution is -2.06. The number of benzene rings is 1. The van der Waals surface area contributed by atoms with E-state index in [1.807, 2.05) is 6.07 Å². The van der Waals surface area contributed by atoms with Crippen molar-refractivity contribution in [3.63, 3.8) is 0 Å². The van der Waals surface area contributed by atoms with Gasteiger partial charge in [0.1, 0.15) is 12.1 Å². The normalized spacial score (nSPS) is 12.4. The van der Waals surface area contributed by atoms with Crippen molar-refractivity contribution in [2.24, 2.45) is 0 Å². The van der Waals surface area contributed by atoms with E-state index in [1.54, 1.807) is 30.1 Å². The third kappa shape index (κ3) is 2.70. The fraction of sp³-hybridized carbons (Fsp3) is 0.273. The average molecular weight is 286 g/mol. The zero-order valence-electron chi connectivity index (χ0n) is 9.96. The maximum Gasteiger partial charge on any atom is 0.221 e. The Labute approximate surface area is 112 Å². The molecule has 2 aromatic rings. The van der Waals surface area contributed by atoms with E-state index in [9.17, 15) is 4.21 Å². The summed E-state index contributed by atoms with van der Waals surface area (Å²) in [5.74, 6) is 0.723. The Hall–Kier alpha value is -1.40. The number of nitrogens with zero attached hydrogens (tertiary/aromatic N) is 3. The minimum atomic E-state index is -1.18. The van der Waals surface area contributed by atoms with Crippen LogP contribution in [0.3, 0.4) is 0 Å². The second-order valence-corrected chi connectivity index (χ2v) is 5.36. The molecule has 1 aromatic heterocycles. The van der Waals surface area contributed by atoms with E-state index in [1.165, 1.54) is 6.33 Å². The lowest BCUT2D eigenvalue weighted by molar-refractivity contribution is 0.407. The van der Waals surface area contributed by atoms with E-state index in [4.69, 9.17) is 16.3 Å². The van der Waals surface area contributed by atoms with Gasteiger partial charge >= 0.3 is 0 Å². The number of methoxy groups -OCH3 is 1. The minimum Gasteiger partial charge on any atom is -0.496 e. The van der Waals surface area contributed by atoms with Crippen LogP contribution in [0.1, 0.15) is 5.56 Å². The lowest BCUT2D eigenvalue weighted by atomic mass is 10.2. The van der Waals surface area contributed by atoms with Gasteiger partial charge in [-0.25, -0.2) is 0 Å². The quantitative estimate of drug-likeness (QED) is 0.858. The highest BCUT2D eigenvalue weighted by Gasteiger charge is 2.11. The Morgan fingerprint density at radius 2 is 2.28 bits per heavy atom. The average Bonchev–Trinajstić information content (AvgIpc) is 2.77. The predicted molar refractivity (Wildman–Crippen MR) is 69.5 cm³/mol. The molecular formula is C11H12ClN3O2S. The van der Waals surface area contributed by atoms with Crippen molar-refractivity contribution in [3.05, 3.63) is 35.1 Å². The van der Waals surface area contributed by atoms with E-state index in [-0.39, 0.29) is 0 Å². The zero-order valence-corrected chi connectivity index (χ0v) is 11.5. The molecule has 5 nitrogen and oxygen atoms in total. The first-order valence-electron chi connectivity index (χ1n) is 5.15. The van der Waals surface area contributed by atoms with Crippen molar-refractivity contribution in [3.8, 4) is 5.75 Å². The monoisotopic (exact) mass is 285 g/mol. The molecule has 1 aromatic carbocycles. The van der Waals surface area contributed by atoms with Gasteiger partial charge in [-0.1, -0.05) is 11.6 Å². The molecule has 2 rings (SSSR count). The topological polar surface area (TPSA) is 57.0 Å². The molecule has 18 heavy (non-hydrogen) atoms. The largest absolute Gasteiger partial charge is 0.496 e. The van der Waals surface area contributed by atoms with E-state index in [0.29, 0.717) is 16.7 Å². The van der Waals surface area contributed by atoms with Crippen LogP contribution in [-0.2, 0) is 17.3 Å². The molecule has 0 amide bonds. The molecule has 0 bridgehead atoms. The van der Waals surface area contributed by atoms with Crippen LogP contribution >= 0.6 is 11.6 Å². The first kappa shape index (κ1) is 13.0. The standard InChI is InChI=1S/C11H12ClN3O2S/c1-17-10-4-3-9(12)5-8(10)6-15-7-13-14-11(15)18(2)16/h3-5,7H,6H2,1-2H3. The summed E-state index contributed by atoms with van der Waals surface area (Å²) in [7, 11) is 0.414. The van der Waals surface area contributed by atoms with E-state index >= 15 is 0 Å². The molecule has 1 atom stereocenters. The van der Waals surface area contributed by atoms with Gasteiger partial charge in [0.15, 0.2) is 0 Å². The molecule has 0 radical (unpaired) electrons. The van der Waals surface area contributed by atoms with Crippen molar-refractivity contribution in [2.45, 2.75) is 11.7 Å². The molecule has 0 aliphatic rings. The first-order valence-corrected chi connectivity index (χ1v) is 7.09. The van der Waals surface area contributed by atoms with E-state index in [2.05, 4.69) is 10.2 Å². The highest BCUT2D eigenvalue weighted by atomic mass is 35.5. The van der Waals surface area contributed by atoms with Crippen LogP contribution in [0.15, 0.2) is 29.7 Å². The smallest absolute Gasteiger partial charge is 0.221 e. The number of halogens is 1. The molecule has 0 aliphatic heterocycles. The molecule has 1 heterocycles. The van der Waals surface area contributed by atoms with Gasteiger partial charge in [-0.15, -0.1) is 10.2 Å². The van der Waals surface area contributed by atoms with Crippen LogP contribution in [-0.4, -0.2) is 32.3 Å². The van der Waals surface area contributed by atoms with Crippen molar-refractivity contribution < 1.29 is 8.95 Å². The number of hydrogen-bond donors (Lipinski definition) is 0. The Balaban J connectivity index is 2.36. The van der Waals surface area contributed by atoms with Gasteiger partial charge < -0.3 is 9.30 Å². The molecule has 0 aliphatic carbocycles. The Morgan fingerprint density at radius 1 is 1.50 bits per heavy atom. The molecule has 7 heteroatoms. The summed E-state index contributed by atoms with van der Waals surface area (Å²) in [6.07, 6.45) is 3.10. The molecular weight excluding hydrogens is 274 g/mol. The van der Waals surface area contributed by atoms with Gasteiger partial charge in [0, 0.05) is 16.8 Å². The van der Waals surface area contributed by atoms with Crippen molar-refractivity contribution in [1.82, 2.24) is 14.8 Å². The maximum atomic E-state index is 11.5. The second kappa shape index (κ2) is 5.49. The fourth-order valence-electron chi connectivity index (χ4n) is 1.63. The fourth-order valence-corrected chi connectivity index (χ4v) is 2.43. The highest BCUT2D eigenvalue weighted by Crippen LogP contribution is 2.23. The van der Waals surface area contributed by atoms with Crippen LogP contribution in [0, 0.1) is 0 Å². The lowest BCUT2D eigenvalue weighted by Gasteiger charge is -2.10. The highest BCUT2D eigenvalue weighted by molar-refractivity contribution is 7.84. The van der Waals surface area contributed by atoms with Crippen LogP contribution in [0.5, 0.6) is 5.75 Å². The number of aromatic nitrogens is 3. The van der Waals surface area contributed by atoms with Crippen molar-refractivity contribution >= 4 is 22.4 Å². The van der Waals surface area contributed by atoms with Crippen molar-refractivity contribution in [1.29, 1.82) is 0 Å². The summed E-state index contributed by atoms with van der Waals surface area (Å²) in [5, 5.41) is 8.64. The molecule has 0 saturated carbocycles. The Morgan fingerprint density at radius 3 is 2.94 bits per heavy atom. The summed E-state index contributed by atoms with van der Waals surface area (Å²) >= 11 is 5.96. The third-order valence-corrected chi connectivity index (χ3v) is 3.49. The molecule has 0 spiro atoms. The van der Waals surface area contributed by atoms with Crippen LogP contribution < -0.4 is 4.74 Å². The molecule has 0 fully saturated rings. The van der Waals surface area contributed by atoms with Gasteiger partial charge in [0.05, 0.1) is 24.5 Å².